The number of nitrogens with two attached hydrogens (primary N) is 1. The van der Waals surface area contributed by atoms with Crippen molar-refractivity contribution >= 4 is 45.2 Å². The maximum absolute atomic E-state index is 11.3. The van der Waals surface area contributed by atoms with Crippen LogP contribution in [-0.2, 0) is 7.05 Å². The fourth-order valence-corrected chi connectivity index (χ4v) is 2.76. The average molecular weight is 290 g/mol. The summed E-state index contributed by atoms with van der Waals surface area (Å²) >= 11 is 6.01. The van der Waals surface area contributed by atoms with Gasteiger partial charge in [-0.05, 0) is 19.1 Å². The molecule has 6 heteroatoms. The Morgan fingerprint density at radius 3 is 2.80 bits per heavy atom. The molecule has 0 aliphatic carbocycles. The molecular formula is C14H12ClN3O2. The third-order valence-electron chi connectivity index (χ3n) is 3.52. The van der Waals surface area contributed by atoms with Crippen LogP contribution in [0.1, 0.15) is 16.1 Å². The van der Waals surface area contributed by atoms with E-state index in [1.807, 2.05) is 23.7 Å². The Bertz CT molecular complexity index is 883. The highest BCUT2D eigenvalue weighted by atomic mass is 35.5. The Hall–Kier alpha value is -2.27. The molecule has 0 unspecified atom stereocenters. The molecule has 0 atom stereocenters. The van der Waals surface area contributed by atoms with Crippen LogP contribution in [0.5, 0.6) is 0 Å². The third-order valence-corrected chi connectivity index (χ3v) is 3.75. The summed E-state index contributed by atoms with van der Waals surface area (Å²) in [6.45, 7) is 1.64. The SMILES string of the molecule is Cc1nc2c(c(N)c1C(=O)O)c1ccc(Cl)cc1n2C. The number of carboxylic acids is 1. The summed E-state index contributed by atoms with van der Waals surface area (Å²) in [4.78, 5) is 15.7. The molecule has 0 aliphatic heterocycles. The molecule has 102 valence electrons. The largest absolute Gasteiger partial charge is 0.478 e. The topological polar surface area (TPSA) is 81.1 Å². The Morgan fingerprint density at radius 1 is 1.45 bits per heavy atom. The smallest absolute Gasteiger partial charge is 0.339 e. The minimum atomic E-state index is -1.07. The first kappa shape index (κ1) is 12.7. The van der Waals surface area contributed by atoms with Crippen LogP contribution in [-0.4, -0.2) is 20.6 Å². The van der Waals surface area contributed by atoms with Crippen LogP contribution in [0.2, 0.25) is 5.02 Å². The number of benzene rings is 1. The number of fused-ring (bicyclic) bond motifs is 3. The fourth-order valence-electron chi connectivity index (χ4n) is 2.60. The summed E-state index contributed by atoms with van der Waals surface area (Å²) < 4.78 is 1.87. The summed E-state index contributed by atoms with van der Waals surface area (Å²) in [5.41, 5.74) is 8.30. The Kier molecular flexibility index (Phi) is 2.62. The number of carboxylic acid groups (broad SMARTS) is 1. The van der Waals surface area contributed by atoms with E-state index in [4.69, 9.17) is 17.3 Å². The standard InChI is InChI=1S/C14H12ClN3O2/c1-6-10(14(19)20)12(16)11-8-4-3-7(15)5-9(8)18(2)13(11)17-6/h3-5H,1-2H3,(H2,16,17)(H,19,20). The van der Waals surface area contributed by atoms with Crippen LogP contribution in [0.3, 0.4) is 0 Å². The highest BCUT2D eigenvalue weighted by molar-refractivity contribution is 6.31. The minimum absolute atomic E-state index is 0.0555. The number of aromatic nitrogens is 2. The quantitative estimate of drug-likeness (QED) is 0.721. The van der Waals surface area contributed by atoms with Crippen molar-refractivity contribution in [3.8, 4) is 0 Å². The van der Waals surface area contributed by atoms with E-state index in [9.17, 15) is 9.90 Å². The number of nitrogen functional groups attached to an aromatic ring is 1. The van der Waals surface area contributed by atoms with Crippen LogP contribution in [0.15, 0.2) is 18.2 Å². The molecule has 20 heavy (non-hydrogen) atoms. The van der Waals surface area contributed by atoms with Crippen molar-refractivity contribution in [3.63, 3.8) is 0 Å². The van der Waals surface area contributed by atoms with E-state index < -0.39 is 5.97 Å². The van der Waals surface area contributed by atoms with E-state index in [2.05, 4.69) is 4.98 Å². The molecular weight excluding hydrogens is 278 g/mol. The maximum atomic E-state index is 11.3. The number of hydrogen-bond donors (Lipinski definition) is 2. The molecule has 0 spiro atoms. The molecule has 5 nitrogen and oxygen atoms in total. The molecule has 3 rings (SSSR count). The second-order valence-electron chi connectivity index (χ2n) is 4.71. The number of pyridine rings is 1. The molecule has 0 aliphatic rings. The molecule has 0 fully saturated rings. The Labute approximate surface area is 119 Å². The lowest BCUT2D eigenvalue weighted by atomic mass is 10.1. The first-order valence-corrected chi connectivity index (χ1v) is 6.36. The molecule has 0 amide bonds. The van der Waals surface area contributed by atoms with Gasteiger partial charge in [0, 0.05) is 17.5 Å². The van der Waals surface area contributed by atoms with E-state index in [1.165, 1.54) is 0 Å². The van der Waals surface area contributed by atoms with Crippen molar-refractivity contribution in [1.82, 2.24) is 9.55 Å². The maximum Gasteiger partial charge on any atom is 0.339 e. The molecule has 2 aromatic heterocycles. The van der Waals surface area contributed by atoms with Gasteiger partial charge in [0.1, 0.15) is 11.2 Å². The van der Waals surface area contributed by atoms with E-state index in [0.29, 0.717) is 21.7 Å². The van der Waals surface area contributed by atoms with Crippen LogP contribution >= 0.6 is 11.6 Å². The highest BCUT2D eigenvalue weighted by Gasteiger charge is 2.20. The predicted molar refractivity (Wildman–Crippen MR) is 79.3 cm³/mol. The Morgan fingerprint density at radius 2 is 2.15 bits per heavy atom. The minimum Gasteiger partial charge on any atom is -0.478 e. The lowest BCUT2D eigenvalue weighted by molar-refractivity contribution is 0.0697. The Balaban J connectivity index is 2.60. The first-order chi connectivity index (χ1) is 9.41. The van der Waals surface area contributed by atoms with Crippen molar-refractivity contribution < 1.29 is 9.90 Å². The van der Waals surface area contributed by atoms with Gasteiger partial charge in [-0.15, -0.1) is 0 Å². The molecule has 3 N–H and O–H groups in total. The van der Waals surface area contributed by atoms with Gasteiger partial charge in [0.2, 0.25) is 0 Å². The summed E-state index contributed by atoms with van der Waals surface area (Å²) in [5.74, 6) is -1.07. The third kappa shape index (κ3) is 1.56. The van der Waals surface area contributed by atoms with E-state index in [0.717, 1.165) is 10.9 Å². The number of carbonyl (C=O) groups is 1. The molecule has 3 aromatic rings. The van der Waals surface area contributed by atoms with Gasteiger partial charge in [-0.1, -0.05) is 17.7 Å². The molecule has 1 aromatic carbocycles. The van der Waals surface area contributed by atoms with Gasteiger partial charge >= 0.3 is 5.97 Å². The van der Waals surface area contributed by atoms with Crippen LogP contribution < -0.4 is 5.73 Å². The summed E-state index contributed by atoms with van der Waals surface area (Å²) in [6.07, 6.45) is 0. The van der Waals surface area contributed by atoms with Crippen molar-refractivity contribution in [2.24, 2.45) is 7.05 Å². The predicted octanol–water partition coefficient (Wildman–Crippen LogP) is 2.97. The summed E-state index contributed by atoms with van der Waals surface area (Å²) in [7, 11) is 1.85. The second kappa shape index (κ2) is 4.11. The zero-order valence-electron chi connectivity index (χ0n) is 10.9. The lowest BCUT2D eigenvalue weighted by Crippen LogP contribution is -2.08. The summed E-state index contributed by atoms with van der Waals surface area (Å²) in [5, 5.41) is 11.4. The molecule has 0 bridgehead atoms. The van der Waals surface area contributed by atoms with Gasteiger partial charge in [0.05, 0.1) is 22.3 Å². The highest BCUT2D eigenvalue weighted by Crippen LogP contribution is 2.35. The van der Waals surface area contributed by atoms with E-state index in [-0.39, 0.29) is 11.3 Å². The number of aryl methyl sites for hydroxylation is 2. The van der Waals surface area contributed by atoms with Gasteiger partial charge in [-0.3, -0.25) is 0 Å². The average Bonchev–Trinajstić information content (AvgIpc) is 2.63. The number of nitrogens with zero attached hydrogens (tertiary/aromatic N) is 2. The number of halogens is 1. The van der Waals surface area contributed by atoms with Crippen molar-refractivity contribution in [3.05, 3.63) is 34.5 Å². The van der Waals surface area contributed by atoms with Gasteiger partial charge in [0.25, 0.3) is 0 Å². The second-order valence-corrected chi connectivity index (χ2v) is 5.15. The monoisotopic (exact) mass is 289 g/mol. The fraction of sp³-hybridized carbons (Fsp3) is 0.143. The number of anilines is 1. The lowest BCUT2D eigenvalue weighted by Gasteiger charge is -2.06. The van der Waals surface area contributed by atoms with Gasteiger partial charge < -0.3 is 15.4 Å². The van der Waals surface area contributed by atoms with Crippen molar-refractivity contribution in [1.29, 1.82) is 0 Å². The zero-order chi connectivity index (χ0) is 14.6. The summed E-state index contributed by atoms with van der Waals surface area (Å²) in [6, 6.07) is 5.40. The number of aromatic carboxylic acids is 1. The molecule has 0 saturated carbocycles. The number of hydrogen-bond acceptors (Lipinski definition) is 3. The van der Waals surface area contributed by atoms with Gasteiger partial charge in [-0.2, -0.15) is 0 Å². The van der Waals surface area contributed by atoms with Gasteiger partial charge in [-0.25, -0.2) is 9.78 Å². The number of rotatable bonds is 1. The first-order valence-electron chi connectivity index (χ1n) is 5.99. The van der Waals surface area contributed by atoms with Crippen molar-refractivity contribution in [2.45, 2.75) is 6.92 Å². The molecule has 2 heterocycles. The van der Waals surface area contributed by atoms with E-state index >= 15 is 0 Å². The van der Waals surface area contributed by atoms with Gasteiger partial charge in [0.15, 0.2) is 0 Å². The van der Waals surface area contributed by atoms with E-state index in [1.54, 1.807) is 13.0 Å². The van der Waals surface area contributed by atoms with Crippen LogP contribution in [0.4, 0.5) is 5.69 Å². The normalized spacial score (nSPS) is 11.3. The van der Waals surface area contributed by atoms with Crippen molar-refractivity contribution in [2.75, 3.05) is 5.73 Å². The zero-order valence-corrected chi connectivity index (χ0v) is 11.7. The molecule has 0 radical (unpaired) electrons. The van der Waals surface area contributed by atoms with Crippen LogP contribution in [0.25, 0.3) is 21.9 Å². The van der Waals surface area contributed by atoms with Crippen LogP contribution in [0, 0.1) is 6.92 Å². The molecule has 0 saturated heterocycles.